The quantitative estimate of drug-likeness (QED) is 0.208. The molecule has 28 heavy (non-hydrogen) atoms. The number of primary amides is 1. The van der Waals surface area contributed by atoms with Gasteiger partial charge in [-0.05, 0) is 38.7 Å². The van der Waals surface area contributed by atoms with Crippen LogP contribution >= 0.6 is 35.3 Å². The maximum atomic E-state index is 12.4. The molecule has 1 aromatic rings. The lowest BCUT2D eigenvalue weighted by Gasteiger charge is -2.34. The lowest BCUT2D eigenvalue weighted by Crippen LogP contribution is -2.48. The number of hydrogen-bond donors (Lipinski definition) is 3. The minimum absolute atomic E-state index is 0. The highest BCUT2D eigenvalue weighted by molar-refractivity contribution is 14.0. The van der Waals surface area contributed by atoms with Gasteiger partial charge in [-0.25, -0.2) is 13.1 Å². The van der Waals surface area contributed by atoms with Crippen molar-refractivity contribution in [2.24, 2.45) is 16.6 Å². The maximum absolute atomic E-state index is 12.4. The van der Waals surface area contributed by atoms with Gasteiger partial charge < -0.3 is 16.0 Å². The molecule has 2 heterocycles. The second-order valence-corrected chi connectivity index (χ2v) is 9.97. The Morgan fingerprint density at radius 3 is 2.68 bits per heavy atom. The van der Waals surface area contributed by atoms with Crippen molar-refractivity contribution < 1.29 is 13.2 Å². The van der Waals surface area contributed by atoms with E-state index in [1.165, 1.54) is 11.3 Å². The van der Waals surface area contributed by atoms with Crippen molar-refractivity contribution in [3.8, 4) is 0 Å². The zero-order chi connectivity index (χ0) is 20.0. The molecule has 0 bridgehead atoms. The number of sulfonamides is 1. The predicted octanol–water partition coefficient (Wildman–Crippen LogP) is 1.42. The SMILES string of the molecule is CN=C(NCCNS(=O)(=O)c1cc(C)sc1C)N1CCCC(CC(N)=O)C1.I. The van der Waals surface area contributed by atoms with Gasteiger partial charge in [0.1, 0.15) is 0 Å². The monoisotopic (exact) mass is 543 g/mol. The Balaban J connectivity index is 0.00000392. The van der Waals surface area contributed by atoms with Gasteiger partial charge in [0.15, 0.2) is 5.96 Å². The van der Waals surface area contributed by atoms with Gasteiger partial charge in [-0.1, -0.05) is 0 Å². The predicted molar refractivity (Wildman–Crippen MR) is 124 cm³/mol. The molecule has 160 valence electrons. The minimum atomic E-state index is -3.51. The molecule has 1 amide bonds. The molecule has 4 N–H and O–H groups in total. The van der Waals surface area contributed by atoms with Crippen LogP contribution < -0.4 is 15.8 Å². The second kappa shape index (κ2) is 11.3. The highest BCUT2D eigenvalue weighted by Gasteiger charge is 2.23. The molecule has 1 aliphatic heterocycles. The van der Waals surface area contributed by atoms with Gasteiger partial charge in [-0.3, -0.25) is 9.79 Å². The third-order valence-electron chi connectivity index (χ3n) is 4.51. The summed E-state index contributed by atoms with van der Waals surface area (Å²) in [7, 11) is -1.81. The zero-order valence-electron chi connectivity index (χ0n) is 16.5. The molecule has 1 unspecified atom stereocenters. The molecule has 0 saturated carbocycles. The summed E-state index contributed by atoms with van der Waals surface area (Å²) in [5.74, 6) is 0.669. The average molecular weight is 543 g/mol. The van der Waals surface area contributed by atoms with E-state index in [-0.39, 0.29) is 42.3 Å². The molecule has 1 aromatic heterocycles. The Bertz CT molecular complexity index is 795. The zero-order valence-corrected chi connectivity index (χ0v) is 20.5. The molecule has 1 saturated heterocycles. The first-order valence-electron chi connectivity index (χ1n) is 9.03. The van der Waals surface area contributed by atoms with Gasteiger partial charge in [0, 0.05) is 49.4 Å². The molecule has 0 aromatic carbocycles. The first-order chi connectivity index (χ1) is 12.7. The van der Waals surface area contributed by atoms with Crippen molar-refractivity contribution in [2.45, 2.75) is 38.0 Å². The fourth-order valence-corrected chi connectivity index (χ4v) is 5.94. The fourth-order valence-electron chi connectivity index (χ4n) is 3.35. The normalized spacial score (nSPS) is 17.9. The Kier molecular flexibility index (Phi) is 10.1. The summed E-state index contributed by atoms with van der Waals surface area (Å²) in [6, 6.07) is 1.70. The van der Waals surface area contributed by atoms with Crippen LogP contribution in [0, 0.1) is 19.8 Å². The summed E-state index contributed by atoms with van der Waals surface area (Å²) in [4.78, 5) is 19.6. The number of aliphatic imine (C=N–C) groups is 1. The number of halogens is 1. The van der Waals surface area contributed by atoms with E-state index in [4.69, 9.17) is 5.73 Å². The molecule has 0 radical (unpaired) electrons. The summed E-state index contributed by atoms with van der Waals surface area (Å²) in [5, 5.41) is 3.19. The van der Waals surface area contributed by atoms with Crippen molar-refractivity contribution in [2.75, 3.05) is 33.2 Å². The fraction of sp³-hybridized carbons (Fsp3) is 0.647. The van der Waals surface area contributed by atoms with Crippen molar-refractivity contribution in [1.29, 1.82) is 0 Å². The number of amides is 1. The molecule has 2 rings (SSSR count). The second-order valence-electron chi connectivity index (χ2n) is 6.77. The molecule has 1 fully saturated rings. The van der Waals surface area contributed by atoms with Gasteiger partial charge in [0.2, 0.25) is 15.9 Å². The Hall–Kier alpha value is -0.920. The highest BCUT2D eigenvalue weighted by Crippen LogP contribution is 2.24. The maximum Gasteiger partial charge on any atom is 0.241 e. The third kappa shape index (κ3) is 7.16. The van der Waals surface area contributed by atoms with Crippen molar-refractivity contribution in [1.82, 2.24) is 14.9 Å². The van der Waals surface area contributed by atoms with Crippen LogP contribution in [0.2, 0.25) is 0 Å². The number of nitrogens with one attached hydrogen (secondary N) is 2. The number of hydrogen-bond acceptors (Lipinski definition) is 5. The summed E-state index contributed by atoms with van der Waals surface area (Å²) in [5.41, 5.74) is 5.31. The van der Waals surface area contributed by atoms with E-state index in [0.717, 1.165) is 35.7 Å². The Morgan fingerprint density at radius 2 is 2.11 bits per heavy atom. The van der Waals surface area contributed by atoms with Crippen LogP contribution in [0.4, 0.5) is 0 Å². The summed E-state index contributed by atoms with van der Waals surface area (Å²) in [6.45, 7) is 5.96. The molecular weight excluding hydrogens is 513 g/mol. The molecule has 0 aliphatic carbocycles. The van der Waals surface area contributed by atoms with E-state index in [9.17, 15) is 13.2 Å². The smallest absolute Gasteiger partial charge is 0.241 e. The van der Waals surface area contributed by atoms with Crippen molar-refractivity contribution in [3.05, 3.63) is 15.8 Å². The van der Waals surface area contributed by atoms with Crippen LogP contribution in [-0.4, -0.2) is 58.4 Å². The van der Waals surface area contributed by atoms with Crippen LogP contribution in [0.15, 0.2) is 16.0 Å². The standard InChI is InChI=1S/C17H29N5O3S2.HI/c1-12-9-15(13(2)26-12)27(24,25)21-7-6-20-17(19-3)22-8-4-5-14(11-22)10-16(18)23;/h9,14,21H,4-8,10-11H2,1-3H3,(H2,18,23)(H,19,20);1H. The number of nitrogens with two attached hydrogens (primary N) is 1. The first-order valence-corrected chi connectivity index (χ1v) is 11.3. The van der Waals surface area contributed by atoms with Crippen LogP contribution in [0.3, 0.4) is 0 Å². The molecule has 11 heteroatoms. The van der Waals surface area contributed by atoms with Gasteiger partial charge in [0.25, 0.3) is 0 Å². The molecule has 1 atom stereocenters. The Labute approximate surface area is 188 Å². The number of guanidine groups is 1. The number of thiophene rings is 1. The number of nitrogens with zero attached hydrogens (tertiary/aromatic N) is 2. The number of likely N-dealkylation sites (tertiary alicyclic amines) is 1. The molecule has 8 nitrogen and oxygen atoms in total. The van der Waals surface area contributed by atoms with Crippen molar-refractivity contribution >= 4 is 57.2 Å². The van der Waals surface area contributed by atoms with Gasteiger partial charge in [-0.2, -0.15) is 0 Å². The number of aryl methyl sites for hydroxylation is 2. The summed E-state index contributed by atoms with van der Waals surface area (Å²) < 4.78 is 27.5. The highest BCUT2D eigenvalue weighted by atomic mass is 127. The average Bonchev–Trinajstić information content (AvgIpc) is 2.94. The number of carbonyl (C=O) groups is 1. The number of piperidine rings is 1. The lowest BCUT2D eigenvalue weighted by atomic mass is 9.95. The summed E-state index contributed by atoms with van der Waals surface area (Å²) in [6.07, 6.45) is 2.34. The van der Waals surface area contributed by atoms with E-state index in [2.05, 4.69) is 19.9 Å². The van der Waals surface area contributed by atoms with Crippen LogP contribution in [0.25, 0.3) is 0 Å². The molecular formula is C17H30IN5O3S2. The van der Waals surface area contributed by atoms with E-state index < -0.39 is 10.0 Å². The van der Waals surface area contributed by atoms with E-state index >= 15 is 0 Å². The van der Waals surface area contributed by atoms with E-state index in [1.54, 1.807) is 13.1 Å². The minimum Gasteiger partial charge on any atom is -0.370 e. The number of carbonyl (C=O) groups excluding carboxylic acids is 1. The van der Waals surface area contributed by atoms with E-state index in [0.29, 0.717) is 23.8 Å². The topological polar surface area (TPSA) is 117 Å². The van der Waals surface area contributed by atoms with E-state index in [1.807, 2.05) is 13.8 Å². The van der Waals surface area contributed by atoms with Crippen LogP contribution in [-0.2, 0) is 14.8 Å². The third-order valence-corrected chi connectivity index (χ3v) is 7.19. The molecule has 1 aliphatic rings. The van der Waals surface area contributed by atoms with Crippen LogP contribution in [0.1, 0.15) is 29.0 Å². The Morgan fingerprint density at radius 1 is 1.39 bits per heavy atom. The van der Waals surface area contributed by atoms with Gasteiger partial charge >= 0.3 is 0 Å². The van der Waals surface area contributed by atoms with Crippen LogP contribution in [0.5, 0.6) is 0 Å². The van der Waals surface area contributed by atoms with Gasteiger partial charge in [-0.15, -0.1) is 35.3 Å². The lowest BCUT2D eigenvalue weighted by molar-refractivity contribution is -0.119. The molecule has 0 spiro atoms. The van der Waals surface area contributed by atoms with Crippen molar-refractivity contribution in [3.63, 3.8) is 0 Å². The number of rotatable bonds is 7. The first kappa shape index (κ1) is 25.1. The largest absolute Gasteiger partial charge is 0.370 e. The van der Waals surface area contributed by atoms with Gasteiger partial charge in [0.05, 0.1) is 4.90 Å². The summed E-state index contributed by atoms with van der Waals surface area (Å²) >= 11 is 1.47.